The minimum atomic E-state index is 0.577. The van der Waals surface area contributed by atoms with Crippen molar-refractivity contribution in [2.24, 2.45) is 0 Å². The summed E-state index contributed by atoms with van der Waals surface area (Å²) in [6.45, 7) is 8.50. The van der Waals surface area contributed by atoms with Gasteiger partial charge in [-0.25, -0.2) is 0 Å². The van der Waals surface area contributed by atoms with Crippen molar-refractivity contribution in [3.63, 3.8) is 0 Å². The van der Waals surface area contributed by atoms with E-state index in [0.717, 1.165) is 18.8 Å². The van der Waals surface area contributed by atoms with Crippen LogP contribution in [-0.4, -0.2) is 19.1 Å². The molecule has 2 N–H and O–H groups in total. The highest BCUT2D eigenvalue weighted by Crippen LogP contribution is 2.16. The van der Waals surface area contributed by atoms with Crippen LogP contribution in [0.5, 0.6) is 0 Å². The van der Waals surface area contributed by atoms with Crippen molar-refractivity contribution in [2.75, 3.05) is 13.1 Å². The molecule has 1 fully saturated rings. The fraction of sp³-hybridized carbons (Fsp3) is 0.429. The first-order valence-corrected chi connectivity index (χ1v) is 5.99. The summed E-state index contributed by atoms with van der Waals surface area (Å²) in [5.41, 5.74) is 3.58. The first kappa shape index (κ1) is 11.2. The molecule has 0 aromatic heterocycles. The van der Waals surface area contributed by atoms with E-state index in [2.05, 4.69) is 48.4 Å². The molecule has 1 heterocycles. The molecule has 1 aliphatic rings. The first-order chi connectivity index (χ1) is 7.77. The lowest BCUT2D eigenvalue weighted by Gasteiger charge is -2.26. The van der Waals surface area contributed by atoms with Gasteiger partial charge in [0.25, 0.3) is 0 Å². The summed E-state index contributed by atoms with van der Waals surface area (Å²) in [7, 11) is 0. The van der Waals surface area contributed by atoms with Crippen LogP contribution in [0.3, 0.4) is 0 Å². The Labute approximate surface area is 97.8 Å². The lowest BCUT2D eigenvalue weighted by Crippen LogP contribution is -2.39. The number of benzene rings is 1. The maximum Gasteiger partial charge on any atom is 0.0345 e. The standard InChI is InChI=1S/C14H20N2/c1-11-5-3-4-6-14(11)12(2)16-13-7-9-15-10-8-13/h3-6,13,15-16H,2,7-10H2,1H3. The van der Waals surface area contributed by atoms with Crippen LogP contribution in [0, 0.1) is 6.92 Å². The molecule has 0 unspecified atom stereocenters. The van der Waals surface area contributed by atoms with Gasteiger partial charge < -0.3 is 10.6 Å². The molecule has 1 aromatic rings. The molecular formula is C14H20N2. The van der Waals surface area contributed by atoms with Gasteiger partial charge in [0.2, 0.25) is 0 Å². The van der Waals surface area contributed by atoms with Crippen molar-refractivity contribution in [1.29, 1.82) is 0 Å². The molecule has 0 saturated carbocycles. The summed E-state index contributed by atoms with van der Waals surface area (Å²) in [5, 5.41) is 6.91. The Kier molecular flexibility index (Phi) is 3.62. The van der Waals surface area contributed by atoms with Crippen molar-refractivity contribution in [2.45, 2.75) is 25.8 Å². The van der Waals surface area contributed by atoms with Gasteiger partial charge in [0.1, 0.15) is 0 Å². The molecule has 0 spiro atoms. The zero-order valence-corrected chi connectivity index (χ0v) is 9.92. The highest BCUT2D eigenvalue weighted by atomic mass is 15.0. The Bertz CT molecular complexity index is 365. The minimum absolute atomic E-state index is 0.577. The third-order valence-electron chi connectivity index (χ3n) is 3.19. The van der Waals surface area contributed by atoms with Crippen LogP contribution < -0.4 is 10.6 Å². The first-order valence-electron chi connectivity index (χ1n) is 5.99. The van der Waals surface area contributed by atoms with E-state index >= 15 is 0 Å². The Morgan fingerprint density at radius 1 is 1.31 bits per heavy atom. The van der Waals surface area contributed by atoms with E-state index in [1.54, 1.807) is 0 Å². The molecule has 0 bridgehead atoms. The van der Waals surface area contributed by atoms with Crippen molar-refractivity contribution < 1.29 is 0 Å². The SMILES string of the molecule is C=C(NC1CCNCC1)c1ccccc1C. The number of hydrogen-bond acceptors (Lipinski definition) is 2. The molecule has 0 radical (unpaired) electrons. The molecule has 2 nitrogen and oxygen atoms in total. The zero-order chi connectivity index (χ0) is 11.4. The Balaban J connectivity index is 2.00. The molecule has 1 aliphatic heterocycles. The van der Waals surface area contributed by atoms with E-state index in [9.17, 15) is 0 Å². The summed E-state index contributed by atoms with van der Waals surface area (Å²) < 4.78 is 0. The van der Waals surface area contributed by atoms with E-state index in [1.807, 2.05) is 0 Å². The highest BCUT2D eigenvalue weighted by molar-refractivity contribution is 5.64. The molecule has 1 aromatic carbocycles. The van der Waals surface area contributed by atoms with Crippen LogP contribution in [0.25, 0.3) is 5.70 Å². The number of rotatable bonds is 3. The van der Waals surface area contributed by atoms with Gasteiger partial charge in [0, 0.05) is 11.7 Å². The van der Waals surface area contributed by atoms with Gasteiger partial charge in [0.15, 0.2) is 0 Å². The van der Waals surface area contributed by atoms with E-state index in [0.29, 0.717) is 6.04 Å². The van der Waals surface area contributed by atoms with Gasteiger partial charge in [0.05, 0.1) is 0 Å². The highest BCUT2D eigenvalue weighted by Gasteiger charge is 2.13. The van der Waals surface area contributed by atoms with Gasteiger partial charge in [-0.2, -0.15) is 0 Å². The minimum Gasteiger partial charge on any atom is -0.382 e. The van der Waals surface area contributed by atoms with E-state index < -0.39 is 0 Å². The summed E-state index contributed by atoms with van der Waals surface area (Å²) >= 11 is 0. The largest absolute Gasteiger partial charge is 0.382 e. The van der Waals surface area contributed by atoms with Gasteiger partial charge >= 0.3 is 0 Å². The van der Waals surface area contributed by atoms with Crippen LogP contribution in [0.4, 0.5) is 0 Å². The summed E-state index contributed by atoms with van der Waals surface area (Å²) in [5.74, 6) is 0. The molecule has 0 aliphatic carbocycles. The number of piperidine rings is 1. The maximum atomic E-state index is 4.15. The van der Waals surface area contributed by atoms with Gasteiger partial charge in [-0.3, -0.25) is 0 Å². The van der Waals surface area contributed by atoms with Crippen LogP contribution in [0.1, 0.15) is 24.0 Å². The normalized spacial score (nSPS) is 17.1. The molecule has 2 rings (SSSR count). The third kappa shape index (κ3) is 2.64. The summed E-state index contributed by atoms with van der Waals surface area (Å²) in [6.07, 6.45) is 2.37. The fourth-order valence-corrected chi connectivity index (χ4v) is 2.20. The molecular weight excluding hydrogens is 196 g/mol. The van der Waals surface area contributed by atoms with E-state index in [-0.39, 0.29) is 0 Å². The van der Waals surface area contributed by atoms with E-state index in [4.69, 9.17) is 0 Å². The topological polar surface area (TPSA) is 24.1 Å². The average Bonchev–Trinajstić information content (AvgIpc) is 2.31. The van der Waals surface area contributed by atoms with Crippen LogP contribution in [0.2, 0.25) is 0 Å². The molecule has 0 atom stereocenters. The molecule has 2 heteroatoms. The molecule has 1 saturated heterocycles. The predicted octanol–water partition coefficient (Wildman–Crippen LogP) is 2.31. The third-order valence-corrected chi connectivity index (χ3v) is 3.19. The Morgan fingerprint density at radius 3 is 2.69 bits per heavy atom. The van der Waals surface area contributed by atoms with Crippen molar-refractivity contribution in [3.8, 4) is 0 Å². The second-order valence-corrected chi connectivity index (χ2v) is 4.46. The monoisotopic (exact) mass is 216 g/mol. The van der Waals surface area contributed by atoms with Crippen LogP contribution >= 0.6 is 0 Å². The lowest BCUT2D eigenvalue weighted by molar-refractivity contribution is 0.425. The second-order valence-electron chi connectivity index (χ2n) is 4.46. The Morgan fingerprint density at radius 2 is 2.00 bits per heavy atom. The molecule has 16 heavy (non-hydrogen) atoms. The van der Waals surface area contributed by atoms with E-state index in [1.165, 1.54) is 24.0 Å². The van der Waals surface area contributed by atoms with Crippen molar-refractivity contribution in [3.05, 3.63) is 42.0 Å². The van der Waals surface area contributed by atoms with Crippen LogP contribution in [-0.2, 0) is 0 Å². The van der Waals surface area contributed by atoms with Gasteiger partial charge in [-0.05, 0) is 44.0 Å². The van der Waals surface area contributed by atoms with Crippen molar-refractivity contribution in [1.82, 2.24) is 10.6 Å². The van der Waals surface area contributed by atoms with Gasteiger partial charge in [-0.15, -0.1) is 0 Å². The average molecular weight is 216 g/mol. The lowest BCUT2D eigenvalue weighted by atomic mass is 10.0. The number of nitrogens with one attached hydrogen (secondary N) is 2. The fourth-order valence-electron chi connectivity index (χ4n) is 2.20. The second kappa shape index (κ2) is 5.17. The molecule has 86 valence electrons. The Hall–Kier alpha value is -1.28. The van der Waals surface area contributed by atoms with Crippen molar-refractivity contribution >= 4 is 5.70 Å². The molecule has 0 amide bonds. The zero-order valence-electron chi connectivity index (χ0n) is 9.92. The number of aryl methyl sites for hydroxylation is 1. The number of hydrogen-bond donors (Lipinski definition) is 2. The summed E-state index contributed by atoms with van der Waals surface area (Å²) in [6, 6.07) is 8.97. The quantitative estimate of drug-likeness (QED) is 0.810. The van der Waals surface area contributed by atoms with Gasteiger partial charge in [-0.1, -0.05) is 30.8 Å². The maximum absolute atomic E-state index is 4.15. The smallest absolute Gasteiger partial charge is 0.0345 e. The van der Waals surface area contributed by atoms with Crippen LogP contribution in [0.15, 0.2) is 30.8 Å². The summed E-state index contributed by atoms with van der Waals surface area (Å²) in [4.78, 5) is 0. The predicted molar refractivity (Wildman–Crippen MR) is 69.2 cm³/mol.